The van der Waals surface area contributed by atoms with Crippen LogP contribution < -0.4 is 4.90 Å². The predicted molar refractivity (Wildman–Crippen MR) is 115 cm³/mol. The molecule has 1 aromatic carbocycles. The van der Waals surface area contributed by atoms with Crippen LogP contribution in [0.25, 0.3) is 0 Å². The third kappa shape index (κ3) is 5.03. The number of nitrogens with zero attached hydrogens (tertiary/aromatic N) is 3. The third-order valence-electron chi connectivity index (χ3n) is 5.30. The summed E-state index contributed by atoms with van der Waals surface area (Å²) < 4.78 is 5.14. The number of hydrogen-bond donors (Lipinski definition) is 0. The number of hydrogen-bond acceptors (Lipinski definition) is 6. The molecule has 0 N–H and O–H groups in total. The van der Waals surface area contributed by atoms with Crippen molar-refractivity contribution in [2.75, 3.05) is 24.6 Å². The highest BCUT2D eigenvalue weighted by Crippen LogP contribution is 2.34. The zero-order valence-electron chi connectivity index (χ0n) is 17.6. The van der Waals surface area contributed by atoms with Gasteiger partial charge in [0.2, 0.25) is 5.91 Å². The summed E-state index contributed by atoms with van der Waals surface area (Å²) in [7, 11) is 0. The minimum atomic E-state index is -0.0752. The van der Waals surface area contributed by atoms with Crippen LogP contribution in [0.2, 0.25) is 0 Å². The van der Waals surface area contributed by atoms with Crippen LogP contribution in [0.1, 0.15) is 43.5 Å². The first-order chi connectivity index (χ1) is 13.9. The Morgan fingerprint density at radius 2 is 1.90 bits per heavy atom. The maximum atomic E-state index is 12.4. The molecule has 0 aliphatic carbocycles. The van der Waals surface area contributed by atoms with Gasteiger partial charge in [0.1, 0.15) is 0 Å². The lowest BCUT2D eigenvalue weighted by molar-refractivity contribution is -0.149. The standard InChI is InChI=1S/C22H29N3O3S/c1-5-28-21(27)18-9-11-24(12-10-18)13-19-14-29-22(23-19)25(17(4)26)20-15(2)7-6-8-16(20)3/h6-8,14,18H,5,9-13H2,1-4H3. The Hall–Kier alpha value is -2.25. The van der Waals surface area contributed by atoms with Gasteiger partial charge in [-0.05, 0) is 57.8 Å². The summed E-state index contributed by atoms with van der Waals surface area (Å²) in [5.74, 6) is -0.109. The van der Waals surface area contributed by atoms with Crippen LogP contribution in [0, 0.1) is 19.8 Å². The lowest BCUT2D eigenvalue weighted by Crippen LogP contribution is -2.36. The van der Waals surface area contributed by atoms with Crippen molar-refractivity contribution in [3.63, 3.8) is 0 Å². The molecular formula is C22H29N3O3S. The molecule has 1 amide bonds. The molecule has 1 aliphatic heterocycles. The first-order valence-electron chi connectivity index (χ1n) is 10.1. The monoisotopic (exact) mass is 415 g/mol. The van der Waals surface area contributed by atoms with Crippen LogP contribution in [0.5, 0.6) is 0 Å². The van der Waals surface area contributed by atoms with Gasteiger partial charge in [0.05, 0.1) is 23.9 Å². The molecule has 0 saturated carbocycles. The molecule has 6 nitrogen and oxygen atoms in total. The smallest absolute Gasteiger partial charge is 0.309 e. The van der Waals surface area contributed by atoms with E-state index in [9.17, 15) is 9.59 Å². The number of aromatic nitrogens is 1. The Bertz CT molecular complexity index is 852. The number of rotatable bonds is 6. The van der Waals surface area contributed by atoms with Crippen molar-refractivity contribution in [1.82, 2.24) is 9.88 Å². The summed E-state index contributed by atoms with van der Waals surface area (Å²) in [5.41, 5.74) is 3.98. The van der Waals surface area contributed by atoms with E-state index in [-0.39, 0.29) is 17.8 Å². The molecule has 3 rings (SSSR count). The molecule has 1 aromatic heterocycles. The van der Waals surface area contributed by atoms with Crippen LogP contribution in [0.4, 0.5) is 10.8 Å². The van der Waals surface area contributed by atoms with Gasteiger partial charge >= 0.3 is 5.97 Å². The summed E-state index contributed by atoms with van der Waals surface area (Å²) in [4.78, 5) is 33.1. The zero-order chi connectivity index (χ0) is 21.0. The van der Waals surface area contributed by atoms with E-state index >= 15 is 0 Å². The van der Waals surface area contributed by atoms with Crippen molar-refractivity contribution >= 4 is 34.0 Å². The Labute approximate surface area is 176 Å². The molecule has 29 heavy (non-hydrogen) atoms. The fourth-order valence-electron chi connectivity index (χ4n) is 3.83. The summed E-state index contributed by atoms with van der Waals surface area (Å²) in [6.45, 7) is 10.3. The highest BCUT2D eigenvalue weighted by atomic mass is 32.1. The number of carbonyl (C=O) groups is 2. The number of aryl methyl sites for hydroxylation is 2. The molecule has 1 saturated heterocycles. The highest BCUT2D eigenvalue weighted by molar-refractivity contribution is 7.14. The number of piperidine rings is 1. The summed E-state index contributed by atoms with van der Waals surface area (Å²) in [6.07, 6.45) is 1.63. The number of benzene rings is 1. The van der Waals surface area contributed by atoms with E-state index in [0.29, 0.717) is 11.7 Å². The van der Waals surface area contributed by atoms with Crippen LogP contribution in [0.15, 0.2) is 23.6 Å². The van der Waals surface area contributed by atoms with E-state index in [1.165, 1.54) is 11.3 Å². The third-order valence-corrected chi connectivity index (χ3v) is 6.18. The van der Waals surface area contributed by atoms with Gasteiger partial charge in [-0.25, -0.2) is 4.98 Å². The van der Waals surface area contributed by atoms with E-state index in [2.05, 4.69) is 4.90 Å². The van der Waals surface area contributed by atoms with E-state index in [1.807, 2.05) is 44.4 Å². The minimum Gasteiger partial charge on any atom is -0.466 e. The normalized spacial score (nSPS) is 15.3. The molecule has 0 spiro atoms. The molecule has 2 heterocycles. The van der Waals surface area contributed by atoms with Crippen molar-refractivity contribution in [2.24, 2.45) is 5.92 Å². The molecule has 0 radical (unpaired) electrons. The number of esters is 1. The van der Waals surface area contributed by atoms with Gasteiger partial charge < -0.3 is 4.74 Å². The largest absolute Gasteiger partial charge is 0.466 e. The summed E-state index contributed by atoms with van der Waals surface area (Å²) in [5, 5.41) is 2.72. The van der Waals surface area contributed by atoms with Gasteiger partial charge in [-0.1, -0.05) is 18.2 Å². The first-order valence-corrected chi connectivity index (χ1v) is 11.0. The van der Waals surface area contributed by atoms with Gasteiger partial charge in [-0.2, -0.15) is 0 Å². The Morgan fingerprint density at radius 1 is 1.24 bits per heavy atom. The van der Waals surface area contributed by atoms with Gasteiger partial charge in [-0.3, -0.25) is 19.4 Å². The maximum absolute atomic E-state index is 12.4. The summed E-state index contributed by atoms with van der Waals surface area (Å²) >= 11 is 1.49. The van der Waals surface area contributed by atoms with Gasteiger partial charge in [-0.15, -0.1) is 11.3 Å². The van der Waals surface area contributed by atoms with E-state index in [4.69, 9.17) is 9.72 Å². The SMILES string of the molecule is CCOC(=O)C1CCN(Cc2csc(N(C(C)=O)c3c(C)cccc3C)n2)CC1. The zero-order valence-corrected chi connectivity index (χ0v) is 18.4. The number of carbonyl (C=O) groups excluding carboxylic acids is 2. The van der Waals surface area contributed by atoms with Crippen molar-refractivity contribution in [3.05, 3.63) is 40.4 Å². The number of likely N-dealkylation sites (tertiary alicyclic amines) is 1. The lowest BCUT2D eigenvalue weighted by atomic mass is 9.97. The molecule has 156 valence electrons. The van der Waals surface area contributed by atoms with Crippen LogP contribution in [0.3, 0.4) is 0 Å². The maximum Gasteiger partial charge on any atom is 0.309 e. The molecule has 1 aliphatic rings. The minimum absolute atomic E-state index is 0.00873. The Kier molecular flexibility index (Phi) is 7.03. The van der Waals surface area contributed by atoms with Crippen molar-refractivity contribution < 1.29 is 14.3 Å². The fourth-order valence-corrected chi connectivity index (χ4v) is 4.70. The highest BCUT2D eigenvalue weighted by Gasteiger charge is 2.27. The lowest BCUT2D eigenvalue weighted by Gasteiger charge is -2.30. The topological polar surface area (TPSA) is 62.7 Å². The molecule has 1 fully saturated rings. The second-order valence-electron chi connectivity index (χ2n) is 7.52. The Balaban J connectivity index is 1.69. The van der Waals surface area contributed by atoms with Crippen molar-refractivity contribution in [3.8, 4) is 0 Å². The molecule has 0 bridgehead atoms. The average molecular weight is 416 g/mol. The second kappa shape index (κ2) is 9.50. The second-order valence-corrected chi connectivity index (χ2v) is 8.36. The number of amides is 1. The number of anilines is 2. The summed E-state index contributed by atoms with van der Waals surface area (Å²) in [6, 6.07) is 6.03. The quantitative estimate of drug-likeness (QED) is 0.661. The van der Waals surface area contributed by atoms with Gasteiger partial charge in [0.25, 0.3) is 0 Å². The van der Waals surface area contributed by atoms with Crippen molar-refractivity contribution in [1.29, 1.82) is 0 Å². The number of para-hydroxylation sites is 1. The number of ether oxygens (including phenoxy) is 1. The van der Waals surface area contributed by atoms with Crippen LogP contribution in [-0.2, 0) is 20.9 Å². The molecule has 2 aromatic rings. The average Bonchev–Trinajstić information content (AvgIpc) is 3.13. The fraction of sp³-hybridized carbons (Fsp3) is 0.500. The predicted octanol–water partition coefficient (Wildman–Crippen LogP) is 4.22. The number of thiazole rings is 1. The molecular weight excluding hydrogens is 386 g/mol. The van der Waals surface area contributed by atoms with Crippen molar-refractivity contribution in [2.45, 2.75) is 47.1 Å². The van der Waals surface area contributed by atoms with Gasteiger partial charge in [0.15, 0.2) is 5.13 Å². The van der Waals surface area contributed by atoms with E-state index in [1.54, 1.807) is 11.8 Å². The van der Waals surface area contributed by atoms with Crippen LogP contribution in [-0.4, -0.2) is 41.5 Å². The van der Waals surface area contributed by atoms with Gasteiger partial charge in [0, 0.05) is 18.8 Å². The van der Waals surface area contributed by atoms with E-state index in [0.717, 1.165) is 55.0 Å². The molecule has 0 atom stereocenters. The van der Waals surface area contributed by atoms with Crippen LogP contribution >= 0.6 is 11.3 Å². The molecule has 0 unspecified atom stereocenters. The molecule has 7 heteroatoms. The first kappa shape index (κ1) is 21.5. The van der Waals surface area contributed by atoms with E-state index < -0.39 is 0 Å². The Morgan fingerprint density at radius 3 is 2.48 bits per heavy atom.